The molecule has 1 fully saturated rings. The van der Waals surface area contributed by atoms with Gasteiger partial charge in [0.25, 0.3) is 10.0 Å². The van der Waals surface area contributed by atoms with E-state index in [1.165, 1.54) is 16.4 Å². The van der Waals surface area contributed by atoms with E-state index in [0.717, 1.165) is 18.5 Å². The molecule has 1 aliphatic heterocycles. The fourth-order valence-corrected chi connectivity index (χ4v) is 5.05. The highest BCUT2D eigenvalue weighted by molar-refractivity contribution is 7.89. The van der Waals surface area contributed by atoms with Gasteiger partial charge in [-0.3, -0.25) is 0 Å². The van der Waals surface area contributed by atoms with Gasteiger partial charge < -0.3 is 4.57 Å². The van der Waals surface area contributed by atoms with Crippen LogP contribution in [0.15, 0.2) is 41.8 Å². The van der Waals surface area contributed by atoms with Crippen molar-refractivity contribution in [2.75, 3.05) is 6.54 Å². The van der Waals surface area contributed by atoms with Crippen LogP contribution >= 0.6 is 0 Å². The minimum absolute atomic E-state index is 0.0723. The third-order valence-electron chi connectivity index (χ3n) is 4.62. The number of hydrogen-bond acceptors (Lipinski definition) is 3. The molecular weight excluding hydrogens is 341 g/mol. The van der Waals surface area contributed by atoms with Crippen LogP contribution < -0.4 is 0 Å². The molecule has 3 rings (SSSR count). The Balaban J connectivity index is 1.80. The molecule has 0 aliphatic carbocycles. The van der Waals surface area contributed by atoms with Crippen molar-refractivity contribution in [3.05, 3.63) is 48.2 Å². The van der Waals surface area contributed by atoms with E-state index in [1.807, 2.05) is 11.5 Å². The average molecular weight is 365 g/mol. The van der Waals surface area contributed by atoms with Gasteiger partial charge in [-0.2, -0.15) is 4.31 Å². The lowest BCUT2D eigenvalue weighted by molar-refractivity contribution is 0.405. The lowest BCUT2D eigenvalue weighted by atomic mass is 9.97. The molecule has 5 nitrogen and oxygen atoms in total. The number of halogens is 1. The smallest absolute Gasteiger partial charge is 0.262 e. The van der Waals surface area contributed by atoms with Gasteiger partial charge in [0.1, 0.15) is 5.82 Å². The van der Waals surface area contributed by atoms with Crippen molar-refractivity contribution in [1.82, 2.24) is 13.9 Å². The van der Waals surface area contributed by atoms with Gasteiger partial charge >= 0.3 is 0 Å². The van der Waals surface area contributed by atoms with Gasteiger partial charge in [0, 0.05) is 25.3 Å². The SMILES string of the molecule is CC(C)Cn1cnc(S(=O)(=O)N2CC(c3ccc(F)cc3)CC2C)c1. The van der Waals surface area contributed by atoms with Crippen LogP contribution in [0.4, 0.5) is 4.39 Å². The second-order valence-electron chi connectivity index (χ2n) is 7.21. The first-order chi connectivity index (χ1) is 11.8. The molecule has 7 heteroatoms. The lowest BCUT2D eigenvalue weighted by Gasteiger charge is -2.19. The fourth-order valence-electron chi connectivity index (χ4n) is 3.43. The molecule has 2 atom stereocenters. The first-order valence-corrected chi connectivity index (χ1v) is 10.0. The third-order valence-corrected chi connectivity index (χ3v) is 6.48. The largest absolute Gasteiger partial charge is 0.336 e. The van der Waals surface area contributed by atoms with E-state index in [0.29, 0.717) is 12.5 Å². The summed E-state index contributed by atoms with van der Waals surface area (Å²) in [7, 11) is -3.62. The lowest BCUT2D eigenvalue weighted by Crippen LogP contribution is -2.34. The van der Waals surface area contributed by atoms with Crippen molar-refractivity contribution in [3.8, 4) is 0 Å². The standard InChI is InChI=1S/C18H24FN3O2S/c1-13(2)9-21-11-18(20-12-21)25(23,24)22-10-16(8-14(22)3)15-4-6-17(19)7-5-15/h4-7,11-14,16H,8-10H2,1-3H3. The summed E-state index contributed by atoms with van der Waals surface area (Å²) in [5.41, 5.74) is 0.969. The van der Waals surface area contributed by atoms with Gasteiger partial charge in [-0.05, 0) is 42.9 Å². The molecule has 0 bridgehead atoms. The van der Waals surface area contributed by atoms with Gasteiger partial charge in [-0.1, -0.05) is 26.0 Å². The van der Waals surface area contributed by atoms with Crippen LogP contribution in [-0.4, -0.2) is 34.9 Å². The van der Waals surface area contributed by atoms with E-state index in [-0.39, 0.29) is 22.8 Å². The molecule has 2 heterocycles. The van der Waals surface area contributed by atoms with Crippen molar-refractivity contribution in [2.24, 2.45) is 5.92 Å². The molecule has 25 heavy (non-hydrogen) atoms. The number of imidazole rings is 1. The van der Waals surface area contributed by atoms with Gasteiger partial charge in [0.15, 0.2) is 5.03 Å². The quantitative estimate of drug-likeness (QED) is 0.817. The van der Waals surface area contributed by atoms with E-state index in [4.69, 9.17) is 0 Å². The number of benzene rings is 1. The van der Waals surface area contributed by atoms with E-state index >= 15 is 0 Å². The summed E-state index contributed by atoms with van der Waals surface area (Å²) in [6.07, 6.45) is 3.90. The number of nitrogens with zero attached hydrogens (tertiary/aromatic N) is 3. The maximum Gasteiger partial charge on any atom is 0.262 e. The minimum atomic E-state index is -3.62. The number of hydrogen-bond donors (Lipinski definition) is 0. The van der Waals surface area contributed by atoms with Crippen molar-refractivity contribution in [2.45, 2.75) is 50.7 Å². The summed E-state index contributed by atoms with van der Waals surface area (Å²) in [5, 5.41) is 0.0970. The summed E-state index contributed by atoms with van der Waals surface area (Å²) < 4.78 is 42.4. The highest BCUT2D eigenvalue weighted by atomic mass is 32.2. The molecule has 0 amide bonds. The van der Waals surface area contributed by atoms with Crippen molar-refractivity contribution in [3.63, 3.8) is 0 Å². The van der Waals surface area contributed by atoms with Crippen LogP contribution in [0.2, 0.25) is 0 Å². The summed E-state index contributed by atoms with van der Waals surface area (Å²) in [6.45, 7) is 7.18. The van der Waals surface area contributed by atoms with Crippen LogP contribution in [0, 0.1) is 11.7 Å². The highest BCUT2D eigenvalue weighted by Gasteiger charge is 2.39. The molecule has 1 aromatic heterocycles. The number of sulfonamides is 1. The molecule has 2 aromatic rings. The summed E-state index contributed by atoms with van der Waals surface area (Å²) in [4.78, 5) is 4.11. The van der Waals surface area contributed by atoms with Crippen LogP contribution in [0.1, 0.15) is 38.7 Å². The highest BCUT2D eigenvalue weighted by Crippen LogP contribution is 2.35. The fraction of sp³-hybridized carbons (Fsp3) is 0.500. The molecule has 2 unspecified atom stereocenters. The van der Waals surface area contributed by atoms with Crippen molar-refractivity contribution >= 4 is 10.0 Å². The number of aromatic nitrogens is 2. The van der Waals surface area contributed by atoms with E-state index in [1.54, 1.807) is 24.7 Å². The molecule has 0 saturated carbocycles. The van der Waals surface area contributed by atoms with Gasteiger partial charge in [0.2, 0.25) is 0 Å². The predicted molar refractivity (Wildman–Crippen MR) is 94.2 cm³/mol. The summed E-state index contributed by atoms with van der Waals surface area (Å²) in [5.74, 6) is 0.205. The molecular formula is C18H24FN3O2S. The molecule has 0 N–H and O–H groups in total. The molecule has 0 radical (unpaired) electrons. The normalized spacial score (nSPS) is 22.0. The first-order valence-electron chi connectivity index (χ1n) is 8.56. The Morgan fingerprint density at radius 3 is 2.60 bits per heavy atom. The second-order valence-corrected chi connectivity index (χ2v) is 9.05. The van der Waals surface area contributed by atoms with Crippen LogP contribution in [0.3, 0.4) is 0 Å². The third kappa shape index (κ3) is 3.77. The number of rotatable bonds is 5. The Morgan fingerprint density at radius 1 is 1.28 bits per heavy atom. The van der Waals surface area contributed by atoms with Crippen molar-refractivity contribution in [1.29, 1.82) is 0 Å². The maximum absolute atomic E-state index is 13.1. The Morgan fingerprint density at radius 2 is 1.96 bits per heavy atom. The molecule has 1 saturated heterocycles. The first kappa shape index (κ1) is 18.1. The van der Waals surface area contributed by atoms with E-state index < -0.39 is 10.0 Å². The Kier molecular flexibility index (Phi) is 4.97. The van der Waals surface area contributed by atoms with E-state index in [9.17, 15) is 12.8 Å². The zero-order valence-corrected chi connectivity index (χ0v) is 15.6. The average Bonchev–Trinajstić information content (AvgIpc) is 3.15. The zero-order chi connectivity index (χ0) is 18.2. The second kappa shape index (κ2) is 6.88. The van der Waals surface area contributed by atoms with E-state index in [2.05, 4.69) is 18.8 Å². The minimum Gasteiger partial charge on any atom is -0.336 e. The van der Waals surface area contributed by atoms with Crippen molar-refractivity contribution < 1.29 is 12.8 Å². The predicted octanol–water partition coefficient (Wildman–Crippen LogP) is 3.24. The van der Waals surface area contributed by atoms with Crippen LogP contribution in [0.5, 0.6) is 0 Å². The summed E-state index contributed by atoms with van der Waals surface area (Å²) >= 11 is 0. The Labute approximate surface area is 148 Å². The molecule has 1 aromatic carbocycles. The maximum atomic E-state index is 13.1. The Bertz CT molecular complexity index is 830. The zero-order valence-electron chi connectivity index (χ0n) is 14.8. The summed E-state index contributed by atoms with van der Waals surface area (Å²) in [6, 6.07) is 6.20. The molecule has 0 spiro atoms. The van der Waals surface area contributed by atoms with Gasteiger partial charge in [-0.15, -0.1) is 0 Å². The molecule has 1 aliphatic rings. The topological polar surface area (TPSA) is 55.2 Å². The van der Waals surface area contributed by atoms with Crippen LogP contribution in [-0.2, 0) is 16.6 Å². The monoisotopic (exact) mass is 365 g/mol. The van der Waals surface area contributed by atoms with Gasteiger partial charge in [-0.25, -0.2) is 17.8 Å². The van der Waals surface area contributed by atoms with Crippen LogP contribution in [0.25, 0.3) is 0 Å². The van der Waals surface area contributed by atoms with Gasteiger partial charge in [0.05, 0.1) is 6.33 Å². The molecule has 136 valence electrons. The Hall–Kier alpha value is -1.73.